The Morgan fingerprint density at radius 2 is 1.78 bits per heavy atom. The van der Waals surface area contributed by atoms with Crippen molar-refractivity contribution in [2.24, 2.45) is 5.92 Å². The van der Waals surface area contributed by atoms with Gasteiger partial charge in [-0.1, -0.05) is 26.7 Å². The van der Waals surface area contributed by atoms with Crippen molar-refractivity contribution in [1.82, 2.24) is 0 Å². The zero-order chi connectivity index (χ0) is 6.57. The minimum Gasteiger partial charge on any atom is -0.317 e. The molecule has 0 aromatic heterocycles. The van der Waals surface area contributed by atoms with Gasteiger partial charge in [-0.15, -0.1) is 0 Å². The molecule has 0 N–H and O–H groups in total. The van der Waals surface area contributed by atoms with Gasteiger partial charge in [-0.05, 0) is 0 Å². The third kappa shape index (κ3) is 6.89. The Labute approximate surface area is 81.7 Å². The Kier molecular flexibility index (Phi) is 10.0. The normalized spacial score (nSPS) is 13.0. The SMILES string of the molecule is CCCC(C)[C-](C)C.[Na+]. The van der Waals surface area contributed by atoms with E-state index in [9.17, 15) is 0 Å². The van der Waals surface area contributed by atoms with E-state index in [4.69, 9.17) is 0 Å². The summed E-state index contributed by atoms with van der Waals surface area (Å²) < 4.78 is 0. The van der Waals surface area contributed by atoms with E-state index in [0.717, 1.165) is 5.92 Å². The van der Waals surface area contributed by atoms with Gasteiger partial charge in [-0.25, -0.2) is 0 Å². The molecule has 1 heteroatoms. The third-order valence-electron chi connectivity index (χ3n) is 1.71. The van der Waals surface area contributed by atoms with Crippen LogP contribution in [0.4, 0.5) is 0 Å². The summed E-state index contributed by atoms with van der Waals surface area (Å²) in [7, 11) is 0. The Morgan fingerprint density at radius 3 is 1.89 bits per heavy atom. The fraction of sp³-hybridized carbons (Fsp3) is 0.875. The van der Waals surface area contributed by atoms with E-state index in [1.165, 1.54) is 12.8 Å². The molecule has 1 unspecified atom stereocenters. The third-order valence-corrected chi connectivity index (χ3v) is 1.71. The molecular formula is C8H17Na. The molecule has 0 nitrogen and oxygen atoms in total. The molecule has 9 heavy (non-hydrogen) atoms. The van der Waals surface area contributed by atoms with Crippen LogP contribution in [-0.4, -0.2) is 0 Å². The van der Waals surface area contributed by atoms with Crippen LogP contribution >= 0.6 is 0 Å². The van der Waals surface area contributed by atoms with Gasteiger partial charge in [-0.3, -0.25) is 0 Å². The summed E-state index contributed by atoms with van der Waals surface area (Å²) in [6.07, 6.45) is 2.66. The van der Waals surface area contributed by atoms with Crippen molar-refractivity contribution < 1.29 is 29.6 Å². The molecule has 1 atom stereocenters. The molecule has 0 fully saturated rings. The zero-order valence-corrected chi connectivity index (χ0v) is 9.49. The molecule has 0 amide bonds. The Bertz CT molecular complexity index is 50.5. The molecule has 50 valence electrons. The molecular weight excluding hydrogens is 119 g/mol. The summed E-state index contributed by atoms with van der Waals surface area (Å²) in [4.78, 5) is 0. The second kappa shape index (κ2) is 7.11. The minimum absolute atomic E-state index is 0. The second-order valence-corrected chi connectivity index (χ2v) is 2.77. The predicted molar refractivity (Wildman–Crippen MR) is 38.7 cm³/mol. The number of hydrogen-bond donors (Lipinski definition) is 0. The molecule has 0 saturated carbocycles. The van der Waals surface area contributed by atoms with Gasteiger partial charge in [0.2, 0.25) is 0 Å². The van der Waals surface area contributed by atoms with E-state index in [1.54, 1.807) is 5.92 Å². The fourth-order valence-electron chi connectivity index (χ4n) is 0.722. The summed E-state index contributed by atoms with van der Waals surface area (Å²) in [5, 5.41) is 0. The standard InChI is InChI=1S/C8H17.Na/c1-5-6-8(4)7(2)3;/h8H,5-6H2,1-4H3;/q-1;+1. The van der Waals surface area contributed by atoms with E-state index in [0.29, 0.717) is 0 Å². The van der Waals surface area contributed by atoms with Crippen molar-refractivity contribution in [3.05, 3.63) is 5.92 Å². The number of hydrogen-bond acceptors (Lipinski definition) is 0. The molecule has 0 bridgehead atoms. The van der Waals surface area contributed by atoms with Gasteiger partial charge >= 0.3 is 29.6 Å². The Morgan fingerprint density at radius 1 is 1.33 bits per heavy atom. The maximum atomic E-state index is 2.29. The fourth-order valence-corrected chi connectivity index (χ4v) is 0.722. The van der Waals surface area contributed by atoms with Crippen LogP contribution in [-0.2, 0) is 0 Å². The molecule has 0 spiro atoms. The van der Waals surface area contributed by atoms with Crippen molar-refractivity contribution in [2.75, 3.05) is 0 Å². The zero-order valence-electron chi connectivity index (χ0n) is 7.49. The van der Waals surface area contributed by atoms with Crippen LogP contribution in [0.2, 0.25) is 0 Å². The molecule has 0 radical (unpaired) electrons. The molecule has 0 aliphatic heterocycles. The van der Waals surface area contributed by atoms with Crippen LogP contribution in [0.5, 0.6) is 0 Å². The van der Waals surface area contributed by atoms with Gasteiger partial charge < -0.3 is 5.92 Å². The van der Waals surface area contributed by atoms with E-state index >= 15 is 0 Å². The van der Waals surface area contributed by atoms with E-state index in [2.05, 4.69) is 27.7 Å². The second-order valence-electron chi connectivity index (χ2n) is 2.77. The van der Waals surface area contributed by atoms with E-state index < -0.39 is 0 Å². The van der Waals surface area contributed by atoms with Crippen molar-refractivity contribution in [2.45, 2.75) is 40.5 Å². The van der Waals surface area contributed by atoms with Crippen LogP contribution < -0.4 is 29.6 Å². The first-order chi connectivity index (χ1) is 3.68. The summed E-state index contributed by atoms with van der Waals surface area (Å²) in [6.45, 7) is 8.94. The largest absolute Gasteiger partial charge is 1.00 e. The minimum atomic E-state index is 0. The quantitative estimate of drug-likeness (QED) is 0.379. The van der Waals surface area contributed by atoms with Crippen molar-refractivity contribution in [3.8, 4) is 0 Å². The summed E-state index contributed by atoms with van der Waals surface area (Å²) >= 11 is 0. The van der Waals surface area contributed by atoms with Crippen molar-refractivity contribution in [1.29, 1.82) is 0 Å². The van der Waals surface area contributed by atoms with Crippen molar-refractivity contribution >= 4 is 0 Å². The molecule has 0 rings (SSSR count). The van der Waals surface area contributed by atoms with Gasteiger partial charge in [0.25, 0.3) is 0 Å². The first kappa shape index (κ1) is 12.7. The van der Waals surface area contributed by atoms with Crippen LogP contribution in [0, 0.1) is 11.8 Å². The molecule has 0 aliphatic carbocycles. The predicted octanol–water partition coefficient (Wildman–Crippen LogP) is 0.0409. The van der Waals surface area contributed by atoms with Gasteiger partial charge in [0.05, 0.1) is 0 Å². The van der Waals surface area contributed by atoms with E-state index in [1.807, 2.05) is 0 Å². The van der Waals surface area contributed by atoms with Crippen LogP contribution in [0.3, 0.4) is 0 Å². The molecule has 0 aliphatic rings. The molecule has 0 aromatic rings. The van der Waals surface area contributed by atoms with Gasteiger partial charge in [0, 0.05) is 0 Å². The van der Waals surface area contributed by atoms with Gasteiger partial charge in [0.15, 0.2) is 0 Å². The summed E-state index contributed by atoms with van der Waals surface area (Å²) in [5.41, 5.74) is 0. The number of rotatable bonds is 3. The van der Waals surface area contributed by atoms with Crippen molar-refractivity contribution in [3.63, 3.8) is 0 Å². The van der Waals surface area contributed by atoms with Crippen LogP contribution in [0.25, 0.3) is 0 Å². The summed E-state index contributed by atoms with van der Waals surface area (Å²) in [5.74, 6) is 2.40. The summed E-state index contributed by atoms with van der Waals surface area (Å²) in [6, 6.07) is 0. The maximum absolute atomic E-state index is 2.29. The Balaban J connectivity index is 0. The first-order valence-corrected chi connectivity index (χ1v) is 3.48. The van der Waals surface area contributed by atoms with Crippen LogP contribution in [0.1, 0.15) is 40.5 Å². The Hall–Kier alpha value is 1.00. The molecule has 0 aromatic carbocycles. The smallest absolute Gasteiger partial charge is 0.317 e. The first-order valence-electron chi connectivity index (χ1n) is 3.48. The molecule has 0 heterocycles. The van der Waals surface area contributed by atoms with Gasteiger partial charge in [-0.2, -0.15) is 19.8 Å². The average molecular weight is 136 g/mol. The average Bonchev–Trinajstić information content (AvgIpc) is 1.67. The van der Waals surface area contributed by atoms with E-state index in [-0.39, 0.29) is 29.6 Å². The topological polar surface area (TPSA) is 0 Å². The van der Waals surface area contributed by atoms with Crippen LogP contribution in [0.15, 0.2) is 0 Å². The van der Waals surface area contributed by atoms with Gasteiger partial charge in [0.1, 0.15) is 0 Å². The molecule has 0 saturated heterocycles. The maximum Gasteiger partial charge on any atom is 1.00 e. The monoisotopic (exact) mass is 136 g/mol.